The molecule has 0 spiro atoms. The number of aromatic nitrogens is 4. The average Bonchev–Trinajstić information content (AvgIpc) is 2.64. The van der Waals surface area contributed by atoms with E-state index in [1.54, 1.807) is 24.1 Å². The van der Waals surface area contributed by atoms with Crippen LogP contribution in [0.3, 0.4) is 0 Å². The van der Waals surface area contributed by atoms with Crippen molar-refractivity contribution in [3.63, 3.8) is 0 Å². The van der Waals surface area contributed by atoms with Crippen molar-refractivity contribution in [1.82, 2.24) is 20.0 Å². The first-order valence-electron chi connectivity index (χ1n) is 4.86. The molecule has 0 fully saturated rings. The Kier molecular flexibility index (Phi) is 2.91. The number of halogens is 1. The highest BCUT2D eigenvalue weighted by Gasteiger charge is 2.10. The van der Waals surface area contributed by atoms with Crippen LogP contribution < -0.4 is 5.73 Å². The van der Waals surface area contributed by atoms with E-state index in [1.165, 1.54) is 6.07 Å². The fourth-order valence-electron chi connectivity index (χ4n) is 1.46. The normalized spacial score (nSPS) is 12.7. The van der Waals surface area contributed by atoms with E-state index in [4.69, 9.17) is 5.73 Å². The van der Waals surface area contributed by atoms with Gasteiger partial charge in [-0.3, -0.25) is 9.67 Å². The van der Waals surface area contributed by atoms with Gasteiger partial charge in [0.05, 0.1) is 11.9 Å². The van der Waals surface area contributed by atoms with Crippen LogP contribution in [-0.2, 0) is 13.5 Å². The van der Waals surface area contributed by atoms with Crippen LogP contribution in [-0.4, -0.2) is 20.0 Å². The van der Waals surface area contributed by atoms with Crippen LogP contribution in [0.15, 0.2) is 24.7 Å². The van der Waals surface area contributed by atoms with Gasteiger partial charge in [0.1, 0.15) is 5.82 Å². The van der Waals surface area contributed by atoms with Gasteiger partial charge in [0.25, 0.3) is 0 Å². The Balaban J connectivity index is 2.11. The van der Waals surface area contributed by atoms with Crippen molar-refractivity contribution >= 4 is 0 Å². The van der Waals surface area contributed by atoms with Crippen LogP contribution in [0.2, 0.25) is 0 Å². The molecule has 0 saturated heterocycles. The molecule has 1 atom stereocenters. The Morgan fingerprint density at radius 1 is 1.50 bits per heavy atom. The Hall–Kier alpha value is -1.82. The second kappa shape index (κ2) is 4.36. The first-order chi connectivity index (χ1) is 7.65. The molecule has 2 rings (SSSR count). The van der Waals surface area contributed by atoms with Crippen LogP contribution in [0.25, 0.3) is 0 Å². The lowest BCUT2D eigenvalue weighted by Gasteiger charge is -2.09. The summed E-state index contributed by atoms with van der Waals surface area (Å²) in [6, 6.07) is 1.06. The number of nitrogens with two attached hydrogens (primary N) is 1. The lowest BCUT2D eigenvalue weighted by molar-refractivity contribution is 0.609. The van der Waals surface area contributed by atoms with Crippen molar-refractivity contribution < 1.29 is 4.39 Å². The summed E-state index contributed by atoms with van der Waals surface area (Å²) in [4.78, 5) is 3.76. The molecule has 0 saturated carbocycles. The maximum Gasteiger partial charge on any atom is 0.141 e. The van der Waals surface area contributed by atoms with E-state index in [-0.39, 0.29) is 11.9 Å². The summed E-state index contributed by atoms with van der Waals surface area (Å²) in [5, 5.41) is 7.72. The Morgan fingerprint density at radius 3 is 2.94 bits per heavy atom. The number of nitrogens with zero attached hydrogens (tertiary/aromatic N) is 4. The van der Waals surface area contributed by atoms with Crippen molar-refractivity contribution in [3.8, 4) is 0 Å². The van der Waals surface area contributed by atoms with Gasteiger partial charge in [0.2, 0.25) is 0 Å². The molecular weight excluding hydrogens is 209 g/mol. The summed E-state index contributed by atoms with van der Waals surface area (Å²) < 4.78 is 14.5. The first-order valence-corrected chi connectivity index (χ1v) is 4.86. The van der Waals surface area contributed by atoms with E-state index in [0.29, 0.717) is 12.0 Å². The van der Waals surface area contributed by atoms with Gasteiger partial charge in [-0.2, -0.15) is 0 Å². The first kappa shape index (κ1) is 10.7. The smallest absolute Gasteiger partial charge is 0.141 e. The van der Waals surface area contributed by atoms with Gasteiger partial charge in [0, 0.05) is 31.9 Å². The SMILES string of the molecule is Cn1cc(CC(N)c2cncc(F)c2)nn1. The maximum atomic E-state index is 12.9. The molecule has 0 aromatic carbocycles. The van der Waals surface area contributed by atoms with Crippen LogP contribution in [0.4, 0.5) is 4.39 Å². The molecule has 2 N–H and O–H groups in total. The molecule has 0 radical (unpaired) electrons. The summed E-state index contributed by atoms with van der Waals surface area (Å²) in [6.45, 7) is 0. The van der Waals surface area contributed by atoms with Gasteiger partial charge in [-0.25, -0.2) is 4.39 Å². The second-order valence-corrected chi connectivity index (χ2v) is 3.63. The van der Waals surface area contributed by atoms with Gasteiger partial charge < -0.3 is 5.73 Å². The largest absolute Gasteiger partial charge is 0.324 e. The quantitative estimate of drug-likeness (QED) is 0.823. The molecule has 0 aliphatic rings. The van der Waals surface area contributed by atoms with E-state index in [2.05, 4.69) is 15.3 Å². The summed E-state index contributed by atoms with van der Waals surface area (Å²) in [7, 11) is 1.78. The standard InChI is InChI=1S/C10H12FN5/c1-16-6-9(14-15-16)3-10(12)7-2-8(11)5-13-4-7/h2,4-6,10H,3,12H2,1H3. The molecule has 0 aliphatic heterocycles. The molecule has 1 unspecified atom stereocenters. The molecule has 2 aromatic heterocycles. The lowest BCUT2D eigenvalue weighted by Crippen LogP contribution is -2.14. The molecule has 0 bridgehead atoms. The van der Waals surface area contributed by atoms with Gasteiger partial charge in [0.15, 0.2) is 0 Å². The topological polar surface area (TPSA) is 69.6 Å². The highest BCUT2D eigenvalue weighted by atomic mass is 19.1. The Bertz CT molecular complexity index is 482. The van der Waals surface area contributed by atoms with Gasteiger partial charge >= 0.3 is 0 Å². The minimum atomic E-state index is -0.382. The van der Waals surface area contributed by atoms with Crippen molar-refractivity contribution in [2.24, 2.45) is 12.8 Å². The predicted molar refractivity (Wildman–Crippen MR) is 55.8 cm³/mol. The zero-order valence-corrected chi connectivity index (χ0v) is 8.84. The third kappa shape index (κ3) is 2.40. The zero-order chi connectivity index (χ0) is 11.5. The van der Waals surface area contributed by atoms with Gasteiger partial charge in [-0.05, 0) is 11.6 Å². The summed E-state index contributed by atoms with van der Waals surface area (Å²) in [6.07, 6.45) is 5.01. The summed E-state index contributed by atoms with van der Waals surface area (Å²) >= 11 is 0. The molecule has 84 valence electrons. The molecule has 2 aromatic rings. The minimum Gasteiger partial charge on any atom is -0.324 e. The summed E-state index contributed by atoms with van der Waals surface area (Å²) in [5.74, 6) is -0.382. The number of pyridine rings is 1. The molecular formula is C10H12FN5. The molecule has 5 nitrogen and oxygen atoms in total. The van der Waals surface area contributed by atoms with Crippen LogP contribution in [0.1, 0.15) is 17.3 Å². The number of hydrogen-bond donors (Lipinski definition) is 1. The third-order valence-electron chi connectivity index (χ3n) is 2.23. The lowest BCUT2D eigenvalue weighted by atomic mass is 10.1. The molecule has 2 heterocycles. The number of aryl methyl sites for hydroxylation is 1. The molecule has 6 heteroatoms. The molecule has 0 amide bonds. The van der Waals surface area contributed by atoms with Crippen molar-refractivity contribution in [3.05, 3.63) is 41.7 Å². The van der Waals surface area contributed by atoms with E-state index in [1.807, 2.05) is 0 Å². The van der Waals surface area contributed by atoms with Crippen molar-refractivity contribution in [2.45, 2.75) is 12.5 Å². The minimum absolute atomic E-state index is 0.320. The van der Waals surface area contributed by atoms with Crippen molar-refractivity contribution in [2.75, 3.05) is 0 Å². The van der Waals surface area contributed by atoms with E-state index >= 15 is 0 Å². The van der Waals surface area contributed by atoms with E-state index in [0.717, 1.165) is 11.9 Å². The Labute approximate surface area is 92.1 Å². The fourth-order valence-corrected chi connectivity index (χ4v) is 1.46. The predicted octanol–water partition coefficient (Wildman–Crippen LogP) is 0.592. The number of rotatable bonds is 3. The second-order valence-electron chi connectivity index (χ2n) is 3.63. The number of hydrogen-bond acceptors (Lipinski definition) is 4. The van der Waals surface area contributed by atoms with Crippen LogP contribution in [0.5, 0.6) is 0 Å². The van der Waals surface area contributed by atoms with Crippen LogP contribution >= 0.6 is 0 Å². The van der Waals surface area contributed by atoms with Gasteiger partial charge in [-0.1, -0.05) is 5.21 Å². The zero-order valence-electron chi connectivity index (χ0n) is 8.84. The average molecular weight is 221 g/mol. The summed E-state index contributed by atoms with van der Waals surface area (Å²) in [5.41, 5.74) is 7.36. The highest BCUT2D eigenvalue weighted by molar-refractivity contribution is 5.16. The molecule has 0 aliphatic carbocycles. The monoisotopic (exact) mass is 221 g/mol. The fraction of sp³-hybridized carbons (Fsp3) is 0.300. The third-order valence-corrected chi connectivity index (χ3v) is 2.23. The highest BCUT2D eigenvalue weighted by Crippen LogP contribution is 2.14. The van der Waals surface area contributed by atoms with E-state index < -0.39 is 0 Å². The molecule has 16 heavy (non-hydrogen) atoms. The van der Waals surface area contributed by atoms with E-state index in [9.17, 15) is 4.39 Å². The van der Waals surface area contributed by atoms with Gasteiger partial charge in [-0.15, -0.1) is 5.10 Å². The van der Waals surface area contributed by atoms with Crippen molar-refractivity contribution in [1.29, 1.82) is 0 Å². The maximum absolute atomic E-state index is 12.9. The van der Waals surface area contributed by atoms with Crippen LogP contribution in [0, 0.1) is 5.82 Å². The Morgan fingerprint density at radius 2 is 2.31 bits per heavy atom.